The summed E-state index contributed by atoms with van der Waals surface area (Å²) in [6, 6.07) is 12.0. The zero-order valence-electron chi connectivity index (χ0n) is 12.5. The van der Waals surface area contributed by atoms with E-state index < -0.39 is 0 Å². The largest absolute Gasteiger partial charge is 0.358 e. The van der Waals surface area contributed by atoms with Crippen LogP contribution in [0.1, 0.15) is 27.3 Å². The maximum absolute atomic E-state index is 12.7. The van der Waals surface area contributed by atoms with Gasteiger partial charge in [0.2, 0.25) is 0 Å². The number of nitrogens with one attached hydrogen (secondary N) is 1. The fourth-order valence-corrected chi connectivity index (χ4v) is 3.12. The van der Waals surface area contributed by atoms with Gasteiger partial charge in [0.05, 0.1) is 5.56 Å². The number of aromatic amines is 1. The van der Waals surface area contributed by atoms with E-state index in [1.54, 1.807) is 6.20 Å². The van der Waals surface area contributed by atoms with Crippen LogP contribution in [0.4, 0.5) is 0 Å². The molecule has 1 aliphatic heterocycles. The number of carbonyl (C=O) groups is 1. The number of amides is 1. The van der Waals surface area contributed by atoms with Gasteiger partial charge in [-0.1, -0.05) is 18.2 Å². The molecular formula is C18H17N3O. The zero-order valence-corrected chi connectivity index (χ0v) is 12.5. The number of benzene rings is 1. The highest BCUT2D eigenvalue weighted by Gasteiger charge is 2.24. The van der Waals surface area contributed by atoms with Crippen molar-refractivity contribution < 1.29 is 4.79 Å². The Kier molecular flexibility index (Phi) is 2.96. The third-order valence-corrected chi connectivity index (χ3v) is 4.33. The lowest BCUT2D eigenvalue weighted by molar-refractivity contribution is 0.0734. The molecule has 0 aliphatic carbocycles. The minimum Gasteiger partial charge on any atom is -0.358 e. The quantitative estimate of drug-likeness (QED) is 0.749. The lowest BCUT2D eigenvalue weighted by Gasteiger charge is -2.27. The van der Waals surface area contributed by atoms with E-state index in [-0.39, 0.29) is 5.91 Å². The van der Waals surface area contributed by atoms with Crippen LogP contribution in [0.25, 0.3) is 10.9 Å². The lowest BCUT2D eigenvalue weighted by Crippen LogP contribution is -2.35. The van der Waals surface area contributed by atoms with Crippen molar-refractivity contribution in [2.45, 2.75) is 19.9 Å². The molecule has 22 heavy (non-hydrogen) atoms. The highest BCUT2D eigenvalue weighted by atomic mass is 16.2. The lowest BCUT2D eigenvalue weighted by atomic mass is 10.0. The van der Waals surface area contributed by atoms with Crippen molar-refractivity contribution in [3.8, 4) is 0 Å². The molecule has 0 saturated carbocycles. The standard InChI is InChI=1S/C18H17N3O/c1-12-6-7-13(10-19-12)18(22)21-9-8-17-15(11-21)14-4-2-3-5-16(14)20-17/h2-7,10,20H,8-9,11H2,1H3. The summed E-state index contributed by atoms with van der Waals surface area (Å²) in [5.41, 5.74) is 5.24. The van der Waals surface area contributed by atoms with Crippen LogP contribution in [0.5, 0.6) is 0 Å². The number of hydrogen-bond acceptors (Lipinski definition) is 2. The molecule has 3 aromatic rings. The maximum Gasteiger partial charge on any atom is 0.255 e. The van der Waals surface area contributed by atoms with Crippen LogP contribution in [-0.4, -0.2) is 27.3 Å². The van der Waals surface area contributed by atoms with Crippen LogP contribution in [0.2, 0.25) is 0 Å². The van der Waals surface area contributed by atoms with Gasteiger partial charge in [0.15, 0.2) is 0 Å². The Morgan fingerprint density at radius 2 is 2.09 bits per heavy atom. The number of hydrogen-bond donors (Lipinski definition) is 1. The number of fused-ring (bicyclic) bond motifs is 3. The highest BCUT2D eigenvalue weighted by Crippen LogP contribution is 2.28. The number of rotatable bonds is 1. The maximum atomic E-state index is 12.7. The fraction of sp³-hybridized carbons (Fsp3) is 0.222. The van der Waals surface area contributed by atoms with Gasteiger partial charge >= 0.3 is 0 Å². The number of para-hydroxylation sites is 1. The summed E-state index contributed by atoms with van der Waals surface area (Å²) in [7, 11) is 0. The number of aryl methyl sites for hydroxylation is 1. The number of pyridine rings is 1. The molecule has 1 aliphatic rings. The van der Waals surface area contributed by atoms with Crippen LogP contribution in [0.3, 0.4) is 0 Å². The third-order valence-electron chi connectivity index (χ3n) is 4.33. The van der Waals surface area contributed by atoms with E-state index in [1.165, 1.54) is 16.6 Å². The first-order valence-corrected chi connectivity index (χ1v) is 7.53. The van der Waals surface area contributed by atoms with Crippen molar-refractivity contribution in [2.75, 3.05) is 6.54 Å². The Balaban J connectivity index is 1.66. The van der Waals surface area contributed by atoms with E-state index >= 15 is 0 Å². The van der Waals surface area contributed by atoms with Crippen LogP contribution in [0, 0.1) is 6.92 Å². The van der Waals surface area contributed by atoms with Crippen LogP contribution < -0.4 is 0 Å². The van der Waals surface area contributed by atoms with Gasteiger partial charge in [-0.3, -0.25) is 9.78 Å². The van der Waals surface area contributed by atoms with Gasteiger partial charge in [-0.15, -0.1) is 0 Å². The summed E-state index contributed by atoms with van der Waals surface area (Å²) in [5.74, 6) is 0.0587. The normalized spacial score (nSPS) is 14.1. The van der Waals surface area contributed by atoms with Gasteiger partial charge in [0, 0.05) is 53.6 Å². The van der Waals surface area contributed by atoms with Gasteiger partial charge in [-0.05, 0) is 25.1 Å². The molecule has 4 nitrogen and oxygen atoms in total. The Bertz CT molecular complexity index is 848. The summed E-state index contributed by atoms with van der Waals surface area (Å²) in [5, 5.41) is 1.22. The van der Waals surface area contributed by atoms with Crippen LogP contribution >= 0.6 is 0 Å². The minimum absolute atomic E-state index is 0.0587. The van der Waals surface area contributed by atoms with E-state index in [2.05, 4.69) is 22.1 Å². The minimum atomic E-state index is 0.0587. The monoisotopic (exact) mass is 291 g/mol. The van der Waals surface area contributed by atoms with Crippen molar-refractivity contribution in [1.29, 1.82) is 0 Å². The van der Waals surface area contributed by atoms with E-state index in [9.17, 15) is 4.79 Å². The first kappa shape index (κ1) is 13.1. The molecular weight excluding hydrogens is 274 g/mol. The number of carbonyl (C=O) groups excluding carboxylic acids is 1. The van der Waals surface area contributed by atoms with E-state index in [0.29, 0.717) is 12.1 Å². The van der Waals surface area contributed by atoms with E-state index in [1.807, 2.05) is 36.1 Å². The summed E-state index contributed by atoms with van der Waals surface area (Å²) in [6.45, 7) is 3.33. The van der Waals surface area contributed by atoms with Crippen molar-refractivity contribution in [3.05, 3.63) is 65.1 Å². The second-order valence-electron chi connectivity index (χ2n) is 5.79. The van der Waals surface area contributed by atoms with Crippen LogP contribution in [0.15, 0.2) is 42.6 Å². The van der Waals surface area contributed by atoms with Crippen molar-refractivity contribution in [2.24, 2.45) is 0 Å². The summed E-state index contributed by atoms with van der Waals surface area (Å²) in [4.78, 5) is 22.3. The molecule has 0 radical (unpaired) electrons. The number of H-pyrrole nitrogens is 1. The SMILES string of the molecule is Cc1ccc(C(=O)N2CCc3[nH]c4ccccc4c3C2)cn1. The average molecular weight is 291 g/mol. The second kappa shape index (κ2) is 4.98. The van der Waals surface area contributed by atoms with Gasteiger partial charge in [0.1, 0.15) is 0 Å². The smallest absolute Gasteiger partial charge is 0.255 e. The molecule has 4 heteroatoms. The molecule has 2 aromatic heterocycles. The zero-order chi connectivity index (χ0) is 15.1. The topological polar surface area (TPSA) is 49.0 Å². The van der Waals surface area contributed by atoms with Gasteiger partial charge in [-0.25, -0.2) is 0 Å². The summed E-state index contributed by atoms with van der Waals surface area (Å²) < 4.78 is 0. The number of aromatic nitrogens is 2. The average Bonchev–Trinajstić information content (AvgIpc) is 2.92. The molecule has 1 amide bonds. The van der Waals surface area contributed by atoms with Gasteiger partial charge < -0.3 is 9.88 Å². The molecule has 1 aromatic carbocycles. The molecule has 0 unspecified atom stereocenters. The van der Waals surface area contributed by atoms with Crippen molar-refractivity contribution in [1.82, 2.24) is 14.9 Å². The highest BCUT2D eigenvalue weighted by molar-refractivity contribution is 5.94. The Labute approximate surface area is 128 Å². The first-order valence-electron chi connectivity index (χ1n) is 7.53. The van der Waals surface area contributed by atoms with Gasteiger partial charge in [0.25, 0.3) is 5.91 Å². The van der Waals surface area contributed by atoms with E-state index in [4.69, 9.17) is 0 Å². The Hall–Kier alpha value is -2.62. The second-order valence-corrected chi connectivity index (χ2v) is 5.79. The summed E-state index contributed by atoms with van der Waals surface area (Å²) >= 11 is 0. The Morgan fingerprint density at radius 1 is 1.23 bits per heavy atom. The molecule has 110 valence electrons. The molecule has 0 fully saturated rings. The predicted octanol–water partition coefficient (Wildman–Crippen LogP) is 3.07. The van der Waals surface area contributed by atoms with Crippen LogP contribution in [-0.2, 0) is 13.0 Å². The molecule has 0 saturated heterocycles. The predicted molar refractivity (Wildman–Crippen MR) is 85.7 cm³/mol. The molecule has 0 atom stereocenters. The molecule has 0 bridgehead atoms. The van der Waals surface area contributed by atoms with Crippen molar-refractivity contribution in [3.63, 3.8) is 0 Å². The molecule has 1 N–H and O–H groups in total. The summed E-state index contributed by atoms with van der Waals surface area (Å²) in [6.07, 6.45) is 2.54. The van der Waals surface area contributed by atoms with Gasteiger partial charge in [-0.2, -0.15) is 0 Å². The first-order chi connectivity index (χ1) is 10.7. The number of nitrogens with zero attached hydrogens (tertiary/aromatic N) is 2. The Morgan fingerprint density at radius 3 is 2.91 bits per heavy atom. The van der Waals surface area contributed by atoms with E-state index in [0.717, 1.165) is 24.2 Å². The molecule has 0 spiro atoms. The molecule has 3 heterocycles. The fourth-order valence-electron chi connectivity index (χ4n) is 3.12. The molecule has 4 rings (SSSR count). The van der Waals surface area contributed by atoms with Crippen molar-refractivity contribution >= 4 is 16.8 Å². The third kappa shape index (κ3) is 2.08.